The first-order valence-corrected chi connectivity index (χ1v) is 27.8. The first kappa shape index (κ1) is 52.5. The third-order valence-electron chi connectivity index (χ3n) is 21.4. The van der Waals surface area contributed by atoms with E-state index in [1.54, 1.807) is 30.9 Å². The van der Waals surface area contributed by atoms with Gasteiger partial charge in [-0.15, -0.1) is 0 Å². The topological polar surface area (TPSA) is 146 Å². The van der Waals surface area contributed by atoms with Crippen LogP contribution in [0.3, 0.4) is 0 Å². The van der Waals surface area contributed by atoms with Gasteiger partial charge in [-0.2, -0.15) is 0 Å². The second-order valence-electron chi connectivity index (χ2n) is 25.8. The molecular weight excluding hydrogens is 909 g/mol. The summed E-state index contributed by atoms with van der Waals surface area (Å²) in [6.45, 7) is 28.9. The lowest BCUT2D eigenvalue weighted by Gasteiger charge is -2.73. The smallest absolute Gasteiger partial charge is 0.309 e. The third-order valence-corrected chi connectivity index (χ3v) is 21.4. The number of carboxylic acids is 1. The molecule has 3 aliphatic heterocycles. The largest absolute Gasteiger partial charge is 0.481 e. The Bertz CT molecular complexity index is 2310. The maximum Gasteiger partial charge on any atom is 0.309 e. The number of rotatable bonds is 13. The Morgan fingerprint density at radius 1 is 0.778 bits per heavy atom. The molecule has 0 aromatic heterocycles. The fourth-order valence-electron chi connectivity index (χ4n) is 17.1. The Hall–Kier alpha value is -4.39. The first-order valence-electron chi connectivity index (χ1n) is 27.8. The number of esters is 1. The van der Waals surface area contributed by atoms with Gasteiger partial charge in [0.05, 0.1) is 17.3 Å². The quantitative estimate of drug-likeness (QED) is 0.0878. The van der Waals surface area contributed by atoms with Crippen molar-refractivity contribution in [2.75, 3.05) is 65.7 Å². The van der Waals surface area contributed by atoms with E-state index in [0.717, 1.165) is 115 Å². The van der Waals surface area contributed by atoms with Crippen LogP contribution in [0.2, 0.25) is 0 Å². The molecule has 5 saturated carbocycles. The lowest BCUT2D eigenvalue weighted by Crippen LogP contribution is -2.67. The van der Waals surface area contributed by atoms with E-state index in [1.165, 1.54) is 5.57 Å². The van der Waals surface area contributed by atoms with Crippen LogP contribution in [0.25, 0.3) is 6.08 Å². The number of aliphatic carboxylic acids is 1. The number of allylic oxidation sites excluding steroid dienone is 1. The molecule has 13 heteroatoms. The molecular formula is C59H86N4O9. The molecule has 9 rings (SSSR count). The minimum Gasteiger partial charge on any atom is -0.481 e. The van der Waals surface area contributed by atoms with E-state index in [0.29, 0.717) is 79.6 Å². The van der Waals surface area contributed by atoms with Crippen LogP contribution in [0.5, 0.6) is 11.5 Å². The van der Waals surface area contributed by atoms with E-state index < -0.39 is 17.4 Å². The number of piperazine rings is 2. The molecule has 10 atom stereocenters. The second-order valence-corrected chi connectivity index (χ2v) is 25.8. The van der Waals surface area contributed by atoms with Crippen molar-refractivity contribution < 1.29 is 43.3 Å². The highest BCUT2D eigenvalue weighted by atomic mass is 16.7. The molecule has 8 aliphatic rings. The van der Waals surface area contributed by atoms with Gasteiger partial charge in [0.1, 0.15) is 6.10 Å². The van der Waals surface area contributed by atoms with Gasteiger partial charge >= 0.3 is 11.9 Å². The molecule has 1 aromatic carbocycles. The van der Waals surface area contributed by atoms with Crippen LogP contribution in [0.1, 0.15) is 151 Å². The number of unbranched alkanes of at least 4 members (excludes halogenated alkanes) is 1. The van der Waals surface area contributed by atoms with E-state index in [9.17, 15) is 24.3 Å². The van der Waals surface area contributed by atoms with Crippen LogP contribution in [0, 0.1) is 62.1 Å². The van der Waals surface area contributed by atoms with Crippen molar-refractivity contribution in [3.05, 3.63) is 42.0 Å². The monoisotopic (exact) mass is 995 g/mol. The summed E-state index contributed by atoms with van der Waals surface area (Å²) < 4.78 is 17.1. The molecule has 13 nitrogen and oxygen atoms in total. The van der Waals surface area contributed by atoms with E-state index in [4.69, 9.17) is 14.2 Å². The van der Waals surface area contributed by atoms with E-state index >= 15 is 4.79 Å². The number of hydrogen-bond donors (Lipinski definition) is 1. The van der Waals surface area contributed by atoms with Gasteiger partial charge in [0.25, 0.3) is 0 Å². The van der Waals surface area contributed by atoms with Crippen LogP contribution in [0.15, 0.2) is 36.4 Å². The molecule has 72 heavy (non-hydrogen) atoms. The van der Waals surface area contributed by atoms with E-state index in [1.807, 2.05) is 23.1 Å². The van der Waals surface area contributed by atoms with Gasteiger partial charge < -0.3 is 34.0 Å². The molecule has 1 aromatic rings. The highest BCUT2D eigenvalue weighted by Gasteiger charge is 2.72. The number of carboxylic acid groups (broad SMARTS) is 1. The summed E-state index contributed by atoms with van der Waals surface area (Å²) >= 11 is 0. The fourth-order valence-corrected chi connectivity index (χ4v) is 17.1. The fraction of sp³-hybridized carbons (Fsp3) is 0.746. The molecule has 1 N–H and O–H groups in total. The molecule has 0 bridgehead atoms. The Morgan fingerprint density at radius 2 is 1.47 bits per heavy atom. The summed E-state index contributed by atoms with van der Waals surface area (Å²) in [5, 5.41) is 9.69. The summed E-state index contributed by atoms with van der Waals surface area (Å²) in [7, 11) is 0. The maximum absolute atomic E-state index is 15.3. The Morgan fingerprint density at radius 3 is 2.18 bits per heavy atom. The number of carbonyl (C=O) groups excluding carboxylic acids is 4. The van der Waals surface area contributed by atoms with Gasteiger partial charge in [-0.1, -0.05) is 52.8 Å². The summed E-state index contributed by atoms with van der Waals surface area (Å²) in [5.74, 6) is 2.52. The predicted octanol–water partition coefficient (Wildman–Crippen LogP) is 9.48. The van der Waals surface area contributed by atoms with Gasteiger partial charge in [0, 0.05) is 70.3 Å². The summed E-state index contributed by atoms with van der Waals surface area (Å²) in [4.78, 5) is 74.9. The standard InChI is InChI=1S/C59H86N4O9/c1-39(2)41-19-24-59(26-25-57(8)42(51(41)59)15-17-46-56(7)22-21-47(72-50(66)37-54(3,4)53(68)69)55(5,6)45(56)20-23-58(46,57)9)52(67)63-30-28-60(29-31-63)27-11-10-12-48(64)61-32-34-62(35-33-61)49(65)18-14-40-13-16-43-44(36-40)71-38-70-43/h13-14,16,18,36,41-42,45-47,51H,1,10-12,15,17,19-35,37-38H2,2-9H3,(H,68,69)/b18-14+/t41-,42+,45-,46+,47-,51+,56-,57+,58+,59-/m0/s1. The van der Waals surface area contributed by atoms with Crippen molar-refractivity contribution in [2.45, 2.75) is 151 Å². The zero-order valence-electron chi connectivity index (χ0n) is 45.0. The average molecular weight is 995 g/mol. The van der Waals surface area contributed by atoms with E-state index in [-0.39, 0.29) is 58.2 Å². The van der Waals surface area contributed by atoms with Crippen LogP contribution >= 0.6 is 0 Å². The summed E-state index contributed by atoms with van der Waals surface area (Å²) in [6.07, 6.45) is 15.6. The van der Waals surface area contributed by atoms with Gasteiger partial charge in [0.2, 0.25) is 24.5 Å². The number of fused-ring (bicyclic) bond motifs is 8. The number of ether oxygens (including phenoxy) is 3. The Kier molecular flexibility index (Phi) is 14.4. The first-order chi connectivity index (χ1) is 34.0. The lowest BCUT2D eigenvalue weighted by atomic mass is 9.32. The predicted molar refractivity (Wildman–Crippen MR) is 277 cm³/mol. The van der Waals surface area contributed by atoms with Crippen LogP contribution in [-0.4, -0.2) is 126 Å². The van der Waals surface area contributed by atoms with Crippen molar-refractivity contribution >= 4 is 35.7 Å². The van der Waals surface area contributed by atoms with Crippen molar-refractivity contribution in [1.29, 1.82) is 0 Å². The highest BCUT2D eigenvalue weighted by molar-refractivity contribution is 5.92. The minimum atomic E-state index is -1.17. The number of nitrogens with zero attached hydrogens (tertiary/aromatic N) is 4. The van der Waals surface area contributed by atoms with Crippen LogP contribution in [0.4, 0.5) is 0 Å². The number of carbonyl (C=O) groups is 5. The molecule has 0 unspecified atom stereocenters. The molecule has 5 aliphatic carbocycles. The number of hydrogen-bond acceptors (Lipinski definition) is 9. The van der Waals surface area contributed by atoms with Gasteiger partial charge in [-0.3, -0.25) is 28.9 Å². The molecule has 3 heterocycles. The third kappa shape index (κ3) is 9.19. The van der Waals surface area contributed by atoms with Crippen molar-refractivity contribution in [3.63, 3.8) is 0 Å². The van der Waals surface area contributed by atoms with Gasteiger partial charge in [0.15, 0.2) is 11.5 Å². The SMILES string of the molecule is C=C(C)[C@@H]1CC[C@]2(C(=O)N3CCN(CCCCC(=O)N4CCN(C(=O)/C=C/c5ccc6c(c5)OCO6)CC4)CC3)CC[C@]3(C)[C@H](CC[C@@H]4[C@@]5(C)CC[C@H](OC(=O)CC(C)(C)C(=O)O)C(C)(C)[C@@H]5CC[C@]43C)[C@@H]12. The highest BCUT2D eigenvalue weighted by Crippen LogP contribution is 2.78. The summed E-state index contributed by atoms with van der Waals surface area (Å²) in [6, 6.07) is 5.61. The molecule has 0 radical (unpaired) electrons. The second kappa shape index (κ2) is 19.7. The average Bonchev–Trinajstić information content (AvgIpc) is 3.99. The Balaban J connectivity index is 0.764. The number of amides is 3. The zero-order chi connectivity index (χ0) is 51.6. The van der Waals surface area contributed by atoms with Crippen LogP contribution < -0.4 is 9.47 Å². The molecule has 7 fully saturated rings. The molecule has 396 valence electrons. The van der Waals surface area contributed by atoms with Gasteiger partial charge in [-0.25, -0.2) is 0 Å². The van der Waals surface area contributed by atoms with Crippen molar-refractivity contribution in [2.24, 2.45) is 62.1 Å². The number of benzene rings is 1. The normalized spacial score (nSPS) is 35.2. The maximum atomic E-state index is 15.3. The zero-order valence-corrected chi connectivity index (χ0v) is 45.0. The lowest BCUT2D eigenvalue weighted by molar-refractivity contribution is -0.250. The van der Waals surface area contributed by atoms with Gasteiger partial charge in [-0.05, 0) is 174 Å². The molecule has 0 spiro atoms. The summed E-state index contributed by atoms with van der Waals surface area (Å²) in [5.41, 5.74) is 0.662. The van der Waals surface area contributed by atoms with Crippen molar-refractivity contribution in [3.8, 4) is 11.5 Å². The van der Waals surface area contributed by atoms with Crippen LogP contribution in [-0.2, 0) is 28.7 Å². The molecule has 3 amide bonds. The van der Waals surface area contributed by atoms with Crippen molar-refractivity contribution in [1.82, 2.24) is 19.6 Å². The molecule has 2 saturated heterocycles. The minimum absolute atomic E-state index is 0.0575. The van der Waals surface area contributed by atoms with E-state index in [2.05, 4.69) is 57.9 Å². The Labute approximate surface area is 429 Å².